The third kappa shape index (κ3) is 6.41. The van der Waals surface area contributed by atoms with Gasteiger partial charge in [0.15, 0.2) is 0 Å². The minimum absolute atomic E-state index is 0.0714. The standard InChI is InChI=1S/C19H21BrN4O3/c1-24(12-14-5-2-3-8-16(14)20)19(27)23-15-7-4-6-13(11-15)18(26)22-10-9-17(21)25/h2-8,11H,9-10,12H2,1H3,(H2,21,25)(H,22,26)(H,23,27). The molecular formula is C19H21BrN4O3. The summed E-state index contributed by atoms with van der Waals surface area (Å²) >= 11 is 3.46. The average Bonchev–Trinajstić information content (AvgIpc) is 2.63. The molecule has 0 saturated carbocycles. The zero-order valence-corrected chi connectivity index (χ0v) is 16.5. The van der Waals surface area contributed by atoms with E-state index in [1.807, 2.05) is 24.3 Å². The number of benzene rings is 2. The van der Waals surface area contributed by atoms with Crippen LogP contribution in [0.5, 0.6) is 0 Å². The van der Waals surface area contributed by atoms with Gasteiger partial charge in [0.2, 0.25) is 5.91 Å². The summed E-state index contributed by atoms with van der Waals surface area (Å²) in [7, 11) is 1.69. The second kappa shape index (κ2) is 9.72. The highest BCUT2D eigenvalue weighted by molar-refractivity contribution is 9.10. The first-order valence-corrected chi connectivity index (χ1v) is 9.08. The number of halogens is 1. The van der Waals surface area contributed by atoms with Crippen LogP contribution in [0.4, 0.5) is 10.5 Å². The number of anilines is 1. The molecule has 0 aromatic heterocycles. The van der Waals surface area contributed by atoms with Crippen LogP contribution in [0.25, 0.3) is 0 Å². The van der Waals surface area contributed by atoms with Gasteiger partial charge in [-0.2, -0.15) is 0 Å². The van der Waals surface area contributed by atoms with Crippen molar-refractivity contribution in [1.82, 2.24) is 10.2 Å². The van der Waals surface area contributed by atoms with Crippen LogP contribution >= 0.6 is 15.9 Å². The zero-order chi connectivity index (χ0) is 19.8. The van der Waals surface area contributed by atoms with E-state index in [2.05, 4.69) is 26.6 Å². The van der Waals surface area contributed by atoms with Crippen LogP contribution < -0.4 is 16.4 Å². The van der Waals surface area contributed by atoms with Crippen molar-refractivity contribution in [2.75, 3.05) is 18.9 Å². The van der Waals surface area contributed by atoms with Crippen molar-refractivity contribution in [1.29, 1.82) is 0 Å². The van der Waals surface area contributed by atoms with Gasteiger partial charge in [0.05, 0.1) is 0 Å². The lowest BCUT2D eigenvalue weighted by Gasteiger charge is -2.19. The Hall–Kier alpha value is -2.87. The Morgan fingerprint density at radius 3 is 2.56 bits per heavy atom. The largest absolute Gasteiger partial charge is 0.370 e. The Morgan fingerprint density at radius 1 is 1.11 bits per heavy atom. The van der Waals surface area contributed by atoms with Gasteiger partial charge >= 0.3 is 6.03 Å². The molecule has 0 fully saturated rings. The number of urea groups is 1. The molecule has 0 saturated heterocycles. The highest BCUT2D eigenvalue weighted by atomic mass is 79.9. The maximum Gasteiger partial charge on any atom is 0.321 e. The summed E-state index contributed by atoms with van der Waals surface area (Å²) in [6, 6.07) is 13.9. The van der Waals surface area contributed by atoms with Crippen molar-refractivity contribution in [3.63, 3.8) is 0 Å². The van der Waals surface area contributed by atoms with E-state index in [-0.39, 0.29) is 24.9 Å². The number of primary amides is 1. The molecule has 0 aliphatic carbocycles. The Kier molecular flexibility index (Phi) is 7.36. The Bertz CT molecular complexity index is 841. The highest BCUT2D eigenvalue weighted by Crippen LogP contribution is 2.18. The molecule has 0 atom stereocenters. The summed E-state index contributed by atoms with van der Waals surface area (Å²) < 4.78 is 0.930. The van der Waals surface area contributed by atoms with Gasteiger partial charge in [0.25, 0.3) is 5.91 Å². The first-order valence-electron chi connectivity index (χ1n) is 8.29. The van der Waals surface area contributed by atoms with Crippen LogP contribution in [0.15, 0.2) is 53.0 Å². The van der Waals surface area contributed by atoms with Crippen LogP contribution in [0, 0.1) is 0 Å². The van der Waals surface area contributed by atoms with Crippen molar-refractivity contribution < 1.29 is 14.4 Å². The predicted molar refractivity (Wildman–Crippen MR) is 107 cm³/mol. The molecule has 0 radical (unpaired) electrons. The number of carbonyl (C=O) groups is 3. The highest BCUT2D eigenvalue weighted by Gasteiger charge is 2.12. The van der Waals surface area contributed by atoms with Crippen LogP contribution in [0.2, 0.25) is 0 Å². The van der Waals surface area contributed by atoms with Gasteiger partial charge in [-0.3, -0.25) is 9.59 Å². The van der Waals surface area contributed by atoms with Crippen molar-refractivity contribution in [3.8, 4) is 0 Å². The molecule has 7 nitrogen and oxygen atoms in total. The molecule has 27 heavy (non-hydrogen) atoms. The van der Waals surface area contributed by atoms with E-state index in [4.69, 9.17) is 5.73 Å². The van der Waals surface area contributed by atoms with Gasteiger partial charge in [0, 0.05) is 42.3 Å². The molecule has 2 aromatic carbocycles. The van der Waals surface area contributed by atoms with Crippen LogP contribution in [-0.4, -0.2) is 36.3 Å². The third-order valence-corrected chi connectivity index (χ3v) is 4.52. The molecule has 0 spiro atoms. The van der Waals surface area contributed by atoms with E-state index < -0.39 is 5.91 Å². The lowest BCUT2D eigenvalue weighted by molar-refractivity contribution is -0.117. The summed E-state index contributed by atoms with van der Waals surface area (Å²) in [5.74, 6) is -0.821. The number of nitrogens with two attached hydrogens (primary N) is 1. The molecule has 0 unspecified atom stereocenters. The smallest absolute Gasteiger partial charge is 0.321 e. The van der Waals surface area contributed by atoms with Crippen molar-refractivity contribution in [2.24, 2.45) is 5.73 Å². The molecule has 2 rings (SSSR count). The monoisotopic (exact) mass is 432 g/mol. The molecule has 0 aliphatic heterocycles. The molecule has 8 heteroatoms. The van der Waals surface area contributed by atoms with E-state index >= 15 is 0 Å². The molecule has 4 amide bonds. The molecule has 142 valence electrons. The summed E-state index contributed by atoms with van der Waals surface area (Å²) in [5, 5.41) is 5.37. The second-order valence-electron chi connectivity index (χ2n) is 5.93. The van der Waals surface area contributed by atoms with Gasteiger partial charge in [-0.25, -0.2) is 4.79 Å². The van der Waals surface area contributed by atoms with Gasteiger partial charge in [-0.15, -0.1) is 0 Å². The minimum Gasteiger partial charge on any atom is -0.370 e. The van der Waals surface area contributed by atoms with E-state index in [1.165, 1.54) is 0 Å². The zero-order valence-electron chi connectivity index (χ0n) is 14.9. The minimum atomic E-state index is -0.482. The summed E-state index contributed by atoms with van der Waals surface area (Å²) in [6.07, 6.45) is 0.0714. The Labute approximate surface area is 166 Å². The molecular weight excluding hydrogens is 412 g/mol. The van der Waals surface area contributed by atoms with Crippen molar-refractivity contribution in [3.05, 3.63) is 64.1 Å². The van der Waals surface area contributed by atoms with Gasteiger partial charge in [-0.05, 0) is 29.8 Å². The van der Waals surface area contributed by atoms with Crippen molar-refractivity contribution in [2.45, 2.75) is 13.0 Å². The van der Waals surface area contributed by atoms with E-state index in [0.717, 1.165) is 10.0 Å². The number of hydrogen-bond donors (Lipinski definition) is 3. The van der Waals surface area contributed by atoms with Crippen LogP contribution in [0.3, 0.4) is 0 Å². The molecule has 0 bridgehead atoms. The first kappa shape index (κ1) is 20.4. The predicted octanol–water partition coefficient (Wildman–Crippen LogP) is 2.72. The fourth-order valence-electron chi connectivity index (χ4n) is 2.31. The van der Waals surface area contributed by atoms with E-state index in [0.29, 0.717) is 17.8 Å². The lowest BCUT2D eigenvalue weighted by Crippen LogP contribution is -2.31. The molecule has 2 aromatic rings. The number of amides is 4. The molecule has 0 aliphatic rings. The number of carbonyl (C=O) groups excluding carboxylic acids is 3. The summed E-state index contributed by atoms with van der Waals surface area (Å²) in [5.41, 5.74) is 6.91. The number of hydrogen-bond acceptors (Lipinski definition) is 3. The topological polar surface area (TPSA) is 105 Å². The average molecular weight is 433 g/mol. The van der Waals surface area contributed by atoms with Crippen LogP contribution in [0.1, 0.15) is 22.3 Å². The maximum atomic E-state index is 12.4. The maximum absolute atomic E-state index is 12.4. The molecule has 0 heterocycles. The Balaban J connectivity index is 1.96. The van der Waals surface area contributed by atoms with Gasteiger partial charge in [0.1, 0.15) is 0 Å². The molecule has 4 N–H and O–H groups in total. The number of nitrogens with one attached hydrogen (secondary N) is 2. The van der Waals surface area contributed by atoms with E-state index in [9.17, 15) is 14.4 Å². The first-order chi connectivity index (χ1) is 12.9. The second-order valence-corrected chi connectivity index (χ2v) is 6.78. The SMILES string of the molecule is CN(Cc1ccccc1Br)C(=O)Nc1cccc(C(=O)NCCC(N)=O)c1. The summed E-state index contributed by atoms with van der Waals surface area (Å²) in [4.78, 5) is 36.8. The van der Waals surface area contributed by atoms with Crippen molar-refractivity contribution >= 4 is 39.5 Å². The lowest BCUT2D eigenvalue weighted by atomic mass is 10.2. The van der Waals surface area contributed by atoms with Gasteiger partial charge < -0.3 is 21.3 Å². The normalized spacial score (nSPS) is 10.1. The van der Waals surface area contributed by atoms with Crippen LogP contribution in [-0.2, 0) is 11.3 Å². The number of rotatable bonds is 7. The fourth-order valence-corrected chi connectivity index (χ4v) is 2.72. The quantitative estimate of drug-likeness (QED) is 0.626. The fraction of sp³-hybridized carbons (Fsp3) is 0.211. The van der Waals surface area contributed by atoms with E-state index in [1.54, 1.807) is 36.2 Å². The number of nitrogens with zero attached hydrogens (tertiary/aromatic N) is 1. The Morgan fingerprint density at radius 2 is 1.85 bits per heavy atom. The van der Waals surface area contributed by atoms with Gasteiger partial charge in [-0.1, -0.05) is 40.2 Å². The third-order valence-electron chi connectivity index (χ3n) is 3.75. The summed E-state index contributed by atoms with van der Waals surface area (Å²) in [6.45, 7) is 0.597.